The molecule has 2 atom stereocenters. The molecule has 0 aliphatic heterocycles. The van der Waals surface area contributed by atoms with E-state index in [1.165, 1.54) is 14.0 Å². The van der Waals surface area contributed by atoms with E-state index in [0.29, 0.717) is 4.90 Å². The summed E-state index contributed by atoms with van der Waals surface area (Å²) in [5.41, 5.74) is 1.14. The largest absolute Gasteiger partial charge is 0.480 e. The van der Waals surface area contributed by atoms with Crippen LogP contribution in [0.2, 0.25) is 0 Å². The van der Waals surface area contributed by atoms with Crippen LogP contribution in [0.3, 0.4) is 0 Å². The maximum Gasteiger partial charge on any atom is 0.323 e. The summed E-state index contributed by atoms with van der Waals surface area (Å²) < 4.78 is 16.9. The van der Waals surface area contributed by atoms with Crippen molar-refractivity contribution in [3.05, 3.63) is 29.8 Å². The number of likely N-dealkylation sites (N-methyl/N-ethyl adjacent to an activating group) is 1. The van der Waals surface area contributed by atoms with Crippen LogP contribution in [-0.2, 0) is 26.6 Å². The van der Waals surface area contributed by atoms with E-state index in [1.807, 2.05) is 46.8 Å². The van der Waals surface area contributed by atoms with E-state index in [4.69, 9.17) is 9.39 Å². The molecule has 6 heteroatoms. The second kappa shape index (κ2) is 13.4. The highest BCUT2D eigenvalue weighted by Gasteiger charge is 2.20. The lowest BCUT2D eigenvalue weighted by Gasteiger charge is -2.19. The zero-order chi connectivity index (χ0) is 17.7. The molecule has 0 spiro atoms. The number of rotatable bonds is 6. The number of nitrogens with zero attached hydrogens (tertiary/aromatic N) is 1. The summed E-state index contributed by atoms with van der Waals surface area (Å²) >= 11 is -1.70. The second-order valence-electron chi connectivity index (χ2n) is 3.87. The van der Waals surface area contributed by atoms with Gasteiger partial charge in [-0.2, -0.15) is 9.35 Å². The Bertz CT molecular complexity index is 434. The molecule has 1 aromatic carbocycles. The second-order valence-corrected chi connectivity index (χ2v) is 4.96. The molecule has 22 heavy (non-hydrogen) atoms. The fraction of sp³-hybridized carbons (Fsp3) is 0.562. The van der Waals surface area contributed by atoms with Crippen LogP contribution in [0, 0.1) is 0 Å². The molecule has 2 unspecified atom stereocenters. The normalized spacial score (nSPS) is 12.4. The van der Waals surface area contributed by atoms with Crippen molar-refractivity contribution in [2.45, 2.75) is 58.9 Å². The van der Waals surface area contributed by atoms with Gasteiger partial charge in [0.05, 0.1) is 4.90 Å². The molecule has 0 aromatic heterocycles. The summed E-state index contributed by atoms with van der Waals surface area (Å²) in [4.78, 5) is 11.2. The van der Waals surface area contributed by atoms with Crippen molar-refractivity contribution in [3.63, 3.8) is 0 Å². The Balaban J connectivity index is 0. The van der Waals surface area contributed by atoms with Gasteiger partial charge in [-0.25, -0.2) is 4.21 Å². The zero-order valence-corrected chi connectivity index (χ0v) is 15.4. The fourth-order valence-electron chi connectivity index (χ4n) is 1.21. The monoisotopic (exact) mass is 331 g/mol. The van der Waals surface area contributed by atoms with Crippen molar-refractivity contribution in [1.29, 1.82) is 0 Å². The highest BCUT2D eigenvalue weighted by atomic mass is 32.2. The summed E-state index contributed by atoms with van der Waals surface area (Å²) in [6.07, 6.45) is 0.906. The summed E-state index contributed by atoms with van der Waals surface area (Å²) in [6.45, 7) is 11.5. The molecule has 0 aliphatic carbocycles. The highest BCUT2D eigenvalue weighted by molar-refractivity contribution is 7.80. The topological polar surface area (TPSA) is 66.8 Å². The maximum absolute atomic E-state index is 11.8. The summed E-state index contributed by atoms with van der Waals surface area (Å²) in [7, 11) is 1.44. The van der Waals surface area contributed by atoms with Gasteiger partial charge in [0.25, 0.3) is 0 Å². The van der Waals surface area contributed by atoms with Crippen molar-refractivity contribution < 1.29 is 18.4 Å². The summed E-state index contributed by atoms with van der Waals surface area (Å²) in [5.74, 6) is -1.03. The Hall–Kier alpha value is -1.24. The first-order valence-electron chi connectivity index (χ1n) is 7.60. The van der Waals surface area contributed by atoms with Crippen molar-refractivity contribution >= 4 is 17.0 Å². The van der Waals surface area contributed by atoms with Gasteiger partial charge in [-0.1, -0.05) is 46.8 Å². The highest BCUT2D eigenvalue weighted by Crippen LogP contribution is 2.12. The predicted octanol–water partition coefficient (Wildman–Crippen LogP) is 3.66. The lowest BCUT2D eigenvalue weighted by Crippen LogP contribution is -2.36. The minimum Gasteiger partial charge on any atom is -0.480 e. The first-order chi connectivity index (χ1) is 10.5. The van der Waals surface area contributed by atoms with Gasteiger partial charge < -0.3 is 5.11 Å². The van der Waals surface area contributed by atoms with Crippen LogP contribution in [0.5, 0.6) is 0 Å². The van der Waals surface area contributed by atoms with E-state index in [9.17, 15) is 9.00 Å². The quantitative estimate of drug-likeness (QED) is 0.806. The van der Waals surface area contributed by atoms with E-state index < -0.39 is 23.1 Å². The maximum atomic E-state index is 11.8. The first-order valence-corrected chi connectivity index (χ1v) is 8.68. The number of aliphatic carboxylic acids is 1. The average Bonchev–Trinajstić information content (AvgIpc) is 2.57. The van der Waals surface area contributed by atoms with Crippen LogP contribution in [0.15, 0.2) is 29.2 Å². The van der Waals surface area contributed by atoms with E-state index in [2.05, 4.69) is 0 Å². The Morgan fingerprint density at radius 2 is 1.68 bits per heavy atom. The van der Waals surface area contributed by atoms with Gasteiger partial charge in [0.15, 0.2) is 0 Å². The van der Waals surface area contributed by atoms with Crippen LogP contribution in [-0.4, -0.2) is 33.4 Å². The number of carboxylic acids is 1. The summed E-state index contributed by atoms with van der Waals surface area (Å²) in [5, 5.41) is 9.86. The number of carbonyl (C=O) groups is 1. The van der Waals surface area contributed by atoms with Crippen molar-refractivity contribution in [1.82, 2.24) is 5.06 Å². The Kier molecular flexibility index (Phi) is 14.1. The van der Waals surface area contributed by atoms with Crippen molar-refractivity contribution in [3.8, 4) is 0 Å². The molecule has 0 bridgehead atoms. The molecule has 0 fully saturated rings. The van der Waals surface area contributed by atoms with Gasteiger partial charge >= 0.3 is 5.97 Å². The average molecular weight is 331 g/mol. The molecular formula is C16H29NO4S. The zero-order valence-electron chi connectivity index (χ0n) is 14.6. The van der Waals surface area contributed by atoms with E-state index in [1.54, 1.807) is 12.1 Å². The SMILES string of the molecule is CC.CC.CCc1ccc(S(=O)ON(C)C(C)C(=O)O)cc1. The molecule has 0 saturated carbocycles. The number of hydrogen-bond donors (Lipinski definition) is 1. The molecule has 128 valence electrons. The van der Waals surface area contributed by atoms with Crippen molar-refractivity contribution in [2.24, 2.45) is 0 Å². The minimum absolute atomic E-state index is 0.511. The third kappa shape index (κ3) is 8.26. The Morgan fingerprint density at radius 1 is 1.23 bits per heavy atom. The lowest BCUT2D eigenvalue weighted by molar-refractivity contribution is -0.153. The molecule has 5 nitrogen and oxygen atoms in total. The number of carboxylic acid groups (broad SMARTS) is 1. The van der Waals surface area contributed by atoms with Gasteiger partial charge in [0.2, 0.25) is 11.1 Å². The smallest absolute Gasteiger partial charge is 0.323 e. The van der Waals surface area contributed by atoms with Crippen LogP contribution < -0.4 is 0 Å². The molecule has 0 aliphatic rings. The number of aryl methyl sites for hydroxylation is 1. The van der Waals surface area contributed by atoms with Crippen LogP contribution in [0.4, 0.5) is 0 Å². The Morgan fingerprint density at radius 3 is 2.05 bits per heavy atom. The minimum atomic E-state index is -1.70. The third-order valence-corrected chi connectivity index (χ3v) is 3.64. The van der Waals surface area contributed by atoms with Crippen LogP contribution in [0.25, 0.3) is 0 Å². The number of hydrogen-bond acceptors (Lipinski definition) is 4. The van der Waals surface area contributed by atoms with E-state index >= 15 is 0 Å². The van der Waals surface area contributed by atoms with Crippen LogP contribution >= 0.6 is 0 Å². The molecule has 1 aromatic rings. The Labute approximate surface area is 136 Å². The van der Waals surface area contributed by atoms with E-state index in [0.717, 1.165) is 17.0 Å². The lowest BCUT2D eigenvalue weighted by atomic mass is 10.2. The van der Waals surface area contributed by atoms with E-state index in [-0.39, 0.29) is 0 Å². The molecule has 0 heterocycles. The third-order valence-electron chi connectivity index (χ3n) is 2.61. The number of hydroxylamine groups is 2. The molecular weight excluding hydrogens is 302 g/mol. The van der Waals surface area contributed by atoms with Gasteiger partial charge in [-0.3, -0.25) is 4.79 Å². The molecule has 0 amide bonds. The molecule has 0 radical (unpaired) electrons. The standard InChI is InChI=1S/C12H17NO4S.2C2H6/c1-4-10-5-7-11(8-6-10)18(16)17-13(3)9(2)12(14)15;2*1-2/h5-9H,4H2,1-3H3,(H,14,15);2*1-2H3. The summed E-state index contributed by atoms with van der Waals surface area (Å²) in [6, 6.07) is 6.32. The van der Waals surface area contributed by atoms with Gasteiger partial charge in [0, 0.05) is 7.05 Å². The van der Waals surface area contributed by atoms with Crippen molar-refractivity contribution in [2.75, 3.05) is 7.05 Å². The predicted molar refractivity (Wildman–Crippen MR) is 90.9 cm³/mol. The van der Waals surface area contributed by atoms with Gasteiger partial charge in [-0.05, 0) is 31.0 Å². The first kappa shape index (κ1) is 23.0. The molecule has 1 rings (SSSR count). The molecule has 0 saturated heterocycles. The van der Waals surface area contributed by atoms with Crippen LogP contribution in [0.1, 0.15) is 47.1 Å². The number of benzene rings is 1. The molecule has 1 N–H and O–H groups in total. The van der Waals surface area contributed by atoms with Gasteiger partial charge in [0.1, 0.15) is 6.04 Å². The van der Waals surface area contributed by atoms with Gasteiger partial charge in [-0.15, -0.1) is 0 Å². The fourth-order valence-corrected chi connectivity index (χ4v) is 1.99.